The van der Waals surface area contributed by atoms with Crippen molar-refractivity contribution < 1.29 is 28.0 Å². The van der Waals surface area contributed by atoms with Crippen LogP contribution in [-0.4, -0.2) is 88.8 Å². The van der Waals surface area contributed by atoms with Crippen LogP contribution in [0.1, 0.15) is 78.6 Å². The van der Waals surface area contributed by atoms with Gasteiger partial charge in [-0.05, 0) is 85.4 Å². The molecule has 4 aliphatic carbocycles. The second-order valence-corrected chi connectivity index (χ2v) is 14.7. The molecule has 1 aliphatic heterocycles. The molecular formula is C26H43N3NaO6S. The number of aliphatic hydroxyl groups is 2. The van der Waals surface area contributed by atoms with Crippen LogP contribution in [0.3, 0.4) is 0 Å². The first-order chi connectivity index (χ1) is 16.8. The van der Waals surface area contributed by atoms with Crippen LogP contribution in [0.4, 0.5) is 0 Å². The van der Waals surface area contributed by atoms with Crippen LogP contribution in [0.2, 0.25) is 0 Å². The van der Waals surface area contributed by atoms with E-state index in [4.69, 9.17) is 4.55 Å². The first-order valence-corrected chi connectivity index (χ1v) is 15.4. The van der Waals surface area contributed by atoms with E-state index >= 15 is 0 Å². The van der Waals surface area contributed by atoms with Crippen molar-refractivity contribution >= 4 is 45.6 Å². The van der Waals surface area contributed by atoms with Gasteiger partial charge in [0.1, 0.15) is 0 Å². The van der Waals surface area contributed by atoms with Crippen molar-refractivity contribution in [2.45, 2.75) is 96.4 Å². The molecule has 4 fully saturated rings. The van der Waals surface area contributed by atoms with Crippen molar-refractivity contribution in [3.63, 3.8) is 0 Å². The number of rotatable bonds is 7. The Morgan fingerprint density at radius 2 is 1.81 bits per heavy atom. The van der Waals surface area contributed by atoms with Gasteiger partial charge in [0.15, 0.2) is 5.66 Å². The Balaban J connectivity index is 0.00000320. The minimum absolute atomic E-state index is 0. The monoisotopic (exact) mass is 548 g/mol. The predicted octanol–water partition coefficient (Wildman–Crippen LogP) is 2.79. The summed E-state index contributed by atoms with van der Waals surface area (Å²) in [6, 6.07) is 0. The minimum Gasteiger partial charge on any atom is -0.393 e. The zero-order valence-corrected chi connectivity index (χ0v) is 25.6. The Labute approximate surface area is 243 Å². The molecule has 1 heterocycles. The van der Waals surface area contributed by atoms with Crippen LogP contribution in [0.5, 0.6) is 0 Å². The number of carbonyl (C=O) groups is 1. The Hall–Kier alpha value is -0.100. The fourth-order valence-corrected chi connectivity index (χ4v) is 9.77. The summed E-state index contributed by atoms with van der Waals surface area (Å²) in [5, 5.41) is 34.0. The van der Waals surface area contributed by atoms with Crippen molar-refractivity contribution in [2.75, 3.05) is 12.3 Å². The van der Waals surface area contributed by atoms with E-state index in [2.05, 4.69) is 36.3 Å². The second kappa shape index (κ2) is 10.4. The van der Waals surface area contributed by atoms with Crippen molar-refractivity contribution in [3.8, 4) is 0 Å². The van der Waals surface area contributed by atoms with Crippen LogP contribution in [0.25, 0.3) is 0 Å². The molecule has 4 saturated carbocycles. The maximum atomic E-state index is 12.3. The molecular weight excluding hydrogens is 505 g/mol. The summed E-state index contributed by atoms with van der Waals surface area (Å²) in [6.45, 7) is 6.73. The SMILES string of the molecule is C[C@H](CCC(=O)NCCS(=O)(=O)O)[C@H]1CC[C@H]2[C@H]3[C@H](C[C@H](O)[C@]12C)[C@@]1(C)CC[C@@H](O)C[C@H]1CC31N=N1.[Na]. The molecule has 5 aliphatic rings. The minimum atomic E-state index is -4.09. The number of amides is 1. The maximum absolute atomic E-state index is 12.3. The Kier molecular flexibility index (Phi) is 8.38. The molecule has 0 aromatic heterocycles. The topological polar surface area (TPSA) is 149 Å². The largest absolute Gasteiger partial charge is 0.393 e. The van der Waals surface area contributed by atoms with Crippen molar-refractivity contribution in [3.05, 3.63) is 0 Å². The number of carbonyl (C=O) groups excluding carboxylic acids is 1. The molecule has 0 unspecified atom stereocenters. The maximum Gasteiger partial charge on any atom is 0.266 e. The quantitative estimate of drug-likeness (QED) is 0.284. The summed E-state index contributed by atoms with van der Waals surface area (Å²) >= 11 is 0. The first-order valence-electron chi connectivity index (χ1n) is 13.8. The first kappa shape index (κ1) is 29.9. The average Bonchev–Trinajstić information content (AvgIpc) is 3.46. The van der Waals surface area contributed by atoms with Gasteiger partial charge in [0, 0.05) is 54.9 Å². The molecule has 0 aromatic carbocycles. The van der Waals surface area contributed by atoms with E-state index in [-0.39, 0.29) is 70.5 Å². The Morgan fingerprint density at radius 3 is 2.46 bits per heavy atom. The molecule has 1 radical (unpaired) electrons. The van der Waals surface area contributed by atoms with Crippen LogP contribution >= 0.6 is 0 Å². The van der Waals surface area contributed by atoms with Crippen LogP contribution in [0, 0.1) is 46.3 Å². The molecule has 1 spiro atoms. The number of hydrogen-bond donors (Lipinski definition) is 4. The summed E-state index contributed by atoms with van der Waals surface area (Å²) in [4.78, 5) is 12.3. The Morgan fingerprint density at radius 1 is 1.11 bits per heavy atom. The summed E-state index contributed by atoms with van der Waals surface area (Å²) in [5.74, 6) is 1.25. The summed E-state index contributed by atoms with van der Waals surface area (Å²) in [7, 11) is -4.09. The molecule has 0 saturated heterocycles. The molecule has 1 amide bonds. The van der Waals surface area contributed by atoms with E-state index in [9.17, 15) is 23.4 Å². The standard InChI is InChI=1S/C26H43N3O6S.Na/c1-15(4-7-22(32)27-10-11-36(33,34)35)18-5-6-19-23-20(13-21(31)25(18,19)3)24(2)9-8-17(30)12-16(24)14-26(23)28-29-26;/h15-21,23,30-31H,4-14H2,1-3H3,(H,27,32)(H,33,34,35);/t15-,16+,17-,18-,19+,20+,21+,23+,24+,25-;/m1./s1. The van der Waals surface area contributed by atoms with E-state index < -0.39 is 22.0 Å². The smallest absolute Gasteiger partial charge is 0.266 e. The van der Waals surface area contributed by atoms with E-state index in [1.54, 1.807) is 0 Å². The van der Waals surface area contributed by atoms with Crippen molar-refractivity contribution in [2.24, 2.45) is 56.6 Å². The van der Waals surface area contributed by atoms with Crippen molar-refractivity contribution in [1.82, 2.24) is 5.32 Å². The zero-order chi connectivity index (χ0) is 26.1. The molecule has 4 N–H and O–H groups in total. The fraction of sp³-hybridized carbons (Fsp3) is 0.962. The van der Waals surface area contributed by atoms with Gasteiger partial charge in [0.25, 0.3) is 10.1 Å². The normalized spacial score (nSPS) is 44.2. The number of nitrogens with one attached hydrogen (secondary N) is 1. The molecule has 11 heteroatoms. The second-order valence-electron chi connectivity index (χ2n) is 13.1. The third-order valence-electron chi connectivity index (χ3n) is 11.4. The number of fused-ring (bicyclic) bond motifs is 6. The van der Waals surface area contributed by atoms with Gasteiger partial charge in [-0.1, -0.05) is 20.8 Å². The van der Waals surface area contributed by atoms with Crippen LogP contribution in [0.15, 0.2) is 10.2 Å². The molecule has 9 nitrogen and oxygen atoms in total. The zero-order valence-electron chi connectivity index (χ0n) is 22.8. The van der Waals surface area contributed by atoms with E-state index in [0.717, 1.165) is 44.9 Å². The average molecular weight is 549 g/mol. The third kappa shape index (κ3) is 5.22. The van der Waals surface area contributed by atoms with Gasteiger partial charge in [0.05, 0.1) is 18.0 Å². The summed E-state index contributed by atoms with van der Waals surface area (Å²) < 4.78 is 30.6. The van der Waals surface area contributed by atoms with E-state index in [1.165, 1.54) is 0 Å². The van der Waals surface area contributed by atoms with Crippen LogP contribution < -0.4 is 5.32 Å². The summed E-state index contributed by atoms with van der Waals surface area (Å²) in [6.07, 6.45) is 6.70. The molecule has 205 valence electrons. The molecule has 0 aromatic rings. The van der Waals surface area contributed by atoms with Gasteiger partial charge in [-0.2, -0.15) is 18.6 Å². The third-order valence-corrected chi connectivity index (χ3v) is 12.2. The van der Waals surface area contributed by atoms with Gasteiger partial charge < -0.3 is 15.5 Å². The number of aliphatic hydroxyl groups excluding tert-OH is 2. The fourth-order valence-electron chi connectivity index (χ4n) is 9.41. The molecule has 37 heavy (non-hydrogen) atoms. The van der Waals surface area contributed by atoms with Gasteiger partial charge in [-0.3, -0.25) is 9.35 Å². The van der Waals surface area contributed by atoms with Crippen molar-refractivity contribution in [1.29, 1.82) is 0 Å². The summed E-state index contributed by atoms with van der Waals surface area (Å²) in [5.41, 5.74) is -0.474. The van der Waals surface area contributed by atoms with Crippen LogP contribution in [-0.2, 0) is 14.9 Å². The van der Waals surface area contributed by atoms with Gasteiger partial charge in [0.2, 0.25) is 5.91 Å². The van der Waals surface area contributed by atoms with Gasteiger partial charge in [-0.25, -0.2) is 0 Å². The molecule has 0 bridgehead atoms. The van der Waals surface area contributed by atoms with Gasteiger partial charge >= 0.3 is 0 Å². The number of nitrogens with zero attached hydrogens (tertiary/aromatic N) is 2. The molecule has 5 rings (SSSR count). The Bertz CT molecular complexity index is 1020. The predicted molar refractivity (Wildman–Crippen MR) is 139 cm³/mol. The van der Waals surface area contributed by atoms with E-state index in [1.807, 2.05) is 0 Å². The number of hydrogen-bond acceptors (Lipinski definition) is 7. The van der Waals surface area contributed by atoms with E-state index in [0.29, 0.717) is 42.4 Å². The van der Waals surface area contributed by atoms with Gasteiger partial charge in [-0.15, -0.1) is 0 Å². The molecule has 10 atom stereocenters.